The van der Waals surface area contributed by atoms with Crippen molar-refractivity contribution in [2.75, 3.05) is 26.3 Å². The number of esters is 2. The van der Waals surface area contributed by atoms with Gasteiger partial charge in [0, 0.05) is 18.0 Å². The molecule has 2 aliphatic rings. The number of carbonyl (C=O) groups excluding carboxylic acids is 2. The zero-order valence-corrected chi connectivity index (χ0v) is 14.7. The highest BCUT2D eigenvalue weighted by Crippen LogP contribution is 2.35. The summed E-state index contributed by atoms with van der Waals surface area (Å²) in [6.45, 7) is 7.05. The zero-order valence-electron chi connectivity index (χ0n) is 14.7. The number of allylic oxidation sites excluding steroid dienone is 2. The van der Waals surface area contributed by atoms with E-state index in [2.05, 4.69) is 4.90 Å². The van der Waals surface area contributed by atoms with Crippen molar-refractivity contribution >= 4 is 11.9 Å². The van der Waals surface area contributed by atoms with Crippen molar-refractivity contribution in [2.24, 2.45) is 5.92 Å². The first-order valence-corrected chi connectivity index (χ1v) is 8.52. The summed E-state index contributed by atoms with van der Waals surface area (Å²) in [6.07, 6.45) is 4.88. The van der Waals surface area contributed by atoms with Gasteiger partial charge in [0.1, 0.15) is 6.10 Å². The lowest BCUT2D eigenvalue weighted by Gasteiger charge is -2.26. The van der Waals surface area contributed by atoms with Crippen molar-refractivity contribution in [3.8, 4) is 0 Å². The molecule has 1 N–H and O–H groups in total. The third kappa shape index (κ3) is 4.05. The van der Waals surface area contributed by atoms with Crippen LogP contribution >= 0.6 is 0 Å². The van der Waals surface area contributed by atoms with E-state index in [4.69, 9.17) is 14.6 Å². The smallest absolute Gasteiger partial charge is 0.336 e. The number of aliphatic hydroxyl groups excluding tert-OH is 1. The maximum Gasteiger partial charge on any atom is 0.336 e. The highest BCUT2D eigenvalue weighted by molar-refractivity contribution is 5.88. The molecule has 2 rings (SSSR count). The van der Waals surface area contributed by atoms with Gasteiger partial charge in [-0.05, 0) is 40.2 Å². The molecule has 0 bridgehead atoms. The summed E-state index contributed by atoms with van der Waals surface area (Å²) >= 11 is 0. The molecule has 2 saturated heterocycles. The van der Waals surface area contributed by atoms with Crippen LogP contribution in [0.3, 0.4) is 0 Å². The molecule has 0 unspecified atom stereocenters. The summed E-state index contributed by atoms with van der Waals surface area (Å²) in [6, 6.07) is 0.106. The molecule has 0 amide bonds. The predicted molar refractivity (Wildman–Crippen MR) is 89.2 cm³/mol. The van der Waals surface area contributed by atoms with Crippen molar-refractivity contribution in [1.82, 2.24) is 4.90 Å². The maximum atomic E-state index is 12.0. The highest BCUT2D eigenvalue weighted by atomic mass is 16.5. The van der Waals surface area contributed by atoms with Crippen LogP contribution in [0.5, 0.6) is 0 Å². The fourth-order valence-corrected chi connectivity index (χ4v) is 3.42. The fourth-order valence-electron chi connectivity index (χ4n) is 3.42. The van der Waals surface area contributed by atoms with Crippen LogP contribution in [0.25, 0.3) is 0 Å². The third-order valence-electron chi connectivity index (χ3n) is 5.00. The molecule has 0 radical (unpaired) electrons. The zero-order chi connectivity index (χ0) is 17.7. The Hall–Kier alpha value is -1.66. The Morgan fingerprint density at radius 3 is 2.50 bits per heavy atom. The van der Waals surface area contributed by atoms with Gasteiger partial charge in [0.25, 0.3) is 0 Å². The van der Waals surface area contributed by atoms with Gasteiger partial charge in [-0.25, -0.2) is 9.59 Å². The molecule has 0 saturated carbocycles. The van der Waals surface area contributed by atoms with Crippen LogP contribution in [-0.2, 0) is 19.1 Å². The van der Waals surface area contributed by atoms with Crippen molar-refractivity contribution < 1.29 is 24.2 Å². The van der Waals surface area contributed by atoms with Crippen LogP contribution in [-0.4, -0.2) is 60.4 Å². The van der Waals surface area contributed by atoms with Crippen LogP contribution in [0.4, 0.5) is 0 Å². The minimum Gasteiger partial charge on any atom is -0.462 e. The molecule has 0 aromatic rings. The van der Waals surface area contributed by atoms with E-state index in [0.717, 1.165) is 25.9 Å². The number of hydrogen-bond acceptors (Lipinski definition) is 6. The molecule has 0 spiro atoms. The Balaban J connectivity index is 1.95. The van der Waals surface area contributed by atoms with E-state index in [9.17, 15) is 9.59 Å². The Kier molecular flexibility index (Phi) is 6.57. The van der Waals surface area contributed by atoms with E-state index in [1.807, 2.05) is 6.92 Å². The molecule has 134 valence electrons. The van der Waals surface area contributed by atoms with Crippen molar-refractivity contribution in [3.63, 3.8) is 0 Å². The second-order valence-corrected chi connectivity index (χ2v) is 6.35. The van der Waals surface area contributed by atoms with E-state index in [1.165, 1.54) is 0 Å². The third-order valence-corrected chi connectivity index (χ3v) is 5.00. The standard InChI is InChI=1S/C18H27NO5/c1-4-12(3)17(21)24-15-7-9-19-8-6-14(16(15)19)11-23-18(22)13(5-2)10-20/h4-5,14-16,20H,6-11H2,1-3H3/b12-4+,13-5+/t14-,15-,16-/m1/s1. The van der Waals surface area contributed by atoms with Crippen LogP contribution in [0.15, 0.2) is 23.3 Å². The predicted octanol–water partition coefficient (Wildman–Crippen LogP) is 1.44. The van der Waals surface area contributed by atoms with E-state index in [1.54, 1.807) is 26.0 Å². The van der Waals surface area contributed by atoms with Crippen LogP contribution in [0, 0.1) is 5.92 Å². The largest absolute Gasteiger partial charge is 0.462 e. The van der Waals surface area contributed by atoms with Gasteiger partial charge in [-0.3, -0.25) is 4.90 Å². The fraction of sp³-hybridized carbons (Fsp3) is 0.667. The lowest BCUT2D eigenvalue weighted by Crippen LogP contribution is -2.38. The number of nitrogens with zero attached hydrogens (tertiary/aromatic N) is 1. The molecular weight excluding hydrogens is 310 g/mol. The molecule has 0 aliphatic carbocycles. The molecule has 0 aromatic heterocycles. The van der Waals surface area contributed by atoms with Gasteiger partial charge in [-0.15, -0.1) is 0 Å². The molecule has 2 aliphatic heterocycles. The van der Waals surface area contributed by atoms with Crippen molar-refractivity contribution in [1.29, 1.82) is 0 Å². The molecule has 6 heteroatoms. The molecular formula is C18H27NO5. The first kappa shape index (κ1) is 18.7. The normalized spacial score (nSPS) is 27.9. The number of fused-ring (bicyclic) bond motifs is 1. The lowest BCUT2D eigenvalue weighted by atomic mass is 9.97. The number of aliphatic hydroxyl groups is 1. The monoisotopic (exact) mass is 337 g/mol. The summed E-state index contributed by atoms with van der Waals surface area (Å²) in [5.74, 6) is -0.602. The number of rotatable bonds is 6. The molecule has 24 heavy (non-hydrogen) atoms. The number of carbonyl (C=O) groups is 2. The summed E-state index contributed by atoms with van der Waals surface area (Å²) in [7, 11) is 0. The van der Waals surface area contributed by atoms with Gasteiger partial charge in [-0.2, -0.15) is 0 Å². The minimum atomic E-state index is -0.477. The van der Waals surface area contributed by atoms with E-state index in [-0.39, 0.29) is 42.8 Å². The Morgan fingerprint density at radius 1 is 1.17 bits per heavy atom. The quantitative estimate of drug-likeness (QED) is 0.584. The summed E-state index contributed by atoms with van der Waals surface area (Å²) in [5.41, 5.74) is 0.873. The molecule has 2 fully saturated rings. The van der Waals surface area contributed by atoms with Gasteiger partial charge >= 0.3 is 11.9 Å². The second kappa shape index (κ2) is 8.44. The van der Waals surface area contributed by atoms with Crippen molar-refractivity contribution in [3.05, 3.63) is 23.3 Å². The highest BCUT2D eigenvalue weighted by Gasteiger charge is 2.46. The van der Waals surface area contributed by atoms with Gasteiger partial charge < -0.3 is 14.6 Å². The number of ether oxygens (including phenoxy) is 2. The second-order valence-electron chi connectivity index (χ2n) is 6.35. The Morgan fingerprint density at radius 2 is 1.88 bits per heavy atom. The number of hydrogen-bond donors (Lipinski definition) is 1. The van der Waals surface area contributed by atoms with E-state index in [0.29, 0.717) is 5.57 Å². The van der Waals surface area contributed by atoms with Gasteiger partial charge in [0.15, 0.2) is 0 Å². The van der Waals surface area contributed by atoms with E-state index >= 15 is 0 Å². The Labute approximate surface area is 143 Å². The molecule has 6 nitrogen and oxygen atoms in total. The lowest BCUT2D eigenvalue weighted by molar-refractivity contribution is -0.148. The topological polar surface area (TPSA) is 76.1 Å². The Bertz CT molecular complexity index is 540. The molecule has 3 atom stereocenters. The summed E-state index contributed by atoms with van der Waals surface area (Å²) in [4.78, 5) is 26.2. The van der Waals surface area contributed by atoms with Gasteiger partial charge in [-0.1, -0.05) is 12.2 Å². The average Bonchev–Trinajstić information content (AvgIpc) is 3.16. The van der Waals surface area contributed by atoms with Crippen LogP contribution in [0.1, 0.15) is 33.6 Å². The summed E-state index contributed by atoms with van der Waals surface area (Å²) < 4.78 is 11.0. The first-order chi connectivity index (χ1) is 11.5. The first-order valence-electron chi connectivity index (χ1n) is 8.52. The molecule has 0 aromatic carbocycles. The van der Waals surface area contributed by atoms with Crippen LogP contribution < -0.4 is 0 Å². The van der Waals surface area contributed by atoms with Gasteiger partial charge in [0.2, 0.25) is 0 Å². The van der Waals surface area contributed by atoms with Gasteiger partial charge in [0.05, 0.1) is 24.8 Å². The SMILES string of the molecule is C/C=C(\C)C(=O)O[C@@H]1CCN2CC[C@H](COC(=O)/C(=C/C)CO)[C@H]12. The molecule has 2 heterocycles. The minimum absolute atomic E-state index is 0.106. The summed E-state index contributed by atoms with van der Waals surface area (Å²) in [5, 5.41) is 9.12. The van der Waals surface area contributed by atoms with E-state index < -0.39 is 5.97 Å². The maximum absolute atomic E-state index is 12.0. The average molecular weight is 337 g/mol. The van der Waals surface area contributed by atoms with Crippen LogP contribution in [0.2, 0.25) is 0 Å². The van der Waals surface area contributed by atoms with Crippen molar-refractivity contribution in [2.45, 2.75) is 45.8 Å².